The van der Waals surface area contributed by atoms with Gasteiger partial charge in [0.1, 0.15) is 11.8 Å². The van der Waals surface area contributed by atoms with Gasteiger partial charge in [-0.25, -0.2) is 9.50 Å². The highest BCUT2D eigenvalue weighted by atomic mass is 16.4. The van der Waals surface area contributed by atoms with Crippen molar-refractivity contribution in [3.05, 3.63) is 24.2 Å². The molecule has 174 valence electrons. The van der Waals surface area contributed by atoms with Crippen LogP contribution in [-0.2, 0) is 9.59 Å². The van der Waals surface area contributed by atoms with Crippen LogP contribution in [0.25, 0.3) is 5.52 Å². The van der Waals surface area contributed by atoms with Gasteiger partial charge < -0.3 is 15.3 Å². The Bertz CT molecular complexity index is 942. The Labute approximate surface area is 188 Å². The van der Waals surface area contributed by atoms with E-state index in [2.05, 4.69) is 40.2 Å². The number of piperazine rings is 1. The van der Waals surface area contributed by atoms with Crippen molar-refractivity contribution in [1.82, 2.24) is 24.4 Å². The average molecular weight is 443 g/mol. The van der Waals surface area contributed by atoms with E-state index in [9.17, 15) is 9.59 Å². The van der Waals surface area contributed by atoms with E-state index in [0.29, 0.717) is 31.1 Å². The van der Waals surface area contributed by atoms with E-state index >= 15 is 0 Å². The summed E-state index contributed by atoms with van der Waals surface area (Å²) in [7, 11) is 0. The predicted molar refractivity (Wildman–Crippen MR) is 122 cm³/mol. The third-order valence-corrected chi connectivity index (χ3v) is 6.88. The summed E-state index contributed by atoms with van der Waals surface area (Å²) in [5.41, 5.74) is 2.34. The molecule has 32 heavy (non-hydrogen) atoms. The van der Waals surface area contributed by atoms with Gasteiger partial charge in [-0.1, -0.05) is 13.8 Å². The van der Waals surface area contributed by atoms with Crippen molar-refractivity contribution in [1.29, 1.82) is 0 Å². The van der Waals surface area contributed by atoms with Crippen LogP contribution < -0.4 is 5.32 Å². The van der Waals surface area contributed by atoms with E-state index < -0.39 is 5.97 Å². The van der Waals surface area contributed by atoms with Crippen molar-refractivity contribution in [3.8, 4) is 0 Å². The lowest BCUT2D eigenvalue weighted by molar-refractivity contribution is -0.141. The van der Waals surface area contributed by atoms with Gasteiger partial charge in [0.25, 0.3) is 0 Å². The van der Waals surface area contributed by atoms with E-state index in [-0.39, 0.29) is 18.7 Å². The summed E-state index contributed by atoms with van der Waals surface area (Å²) in [6.07, 6.45) is 8.07. The Morgan fingerprint density at radius 3 is 2.50 bits per heavy atom. The van der Waals surface area contributed by atoms with Gasteiger partial charge in [0.15, 0.2) is 5.82 Å². The maximum atomic E-state index is 12.2. The molecule has 0 radical (unpaired) electrons. The molecule has 2 fully saturated rings. The number of carboxylic acid groups (broad SMARTS) is 1. The Morgan fingerprint density at radius 2 is 1.84 bits per heavy atom. The summed E-state index contributed by atoms with van der Waals surface area (Å²) < 4.78 is 1.91. The first-order valence-corrected chi connectivity index (χ1v) is 11.7. The summed E-state index contributed by atoms with van der Waals surface area (Å²) in [4.78, 5) is 31.7. The highest BCUT2D eigenvalue weighted by Gasteiger charge is 2.30. The molecule has 1 aliphatic heterocycles. The van der Waals surface area contributed by atoms with Crippen molar-refractivity contribution in [2.24, 2.45) is 0 Å². The van der Waals surface area contributed by atoms with Crippen LogP contribution in [0.3, 0.4) is 0 Å². The second-order valence-corrected chi connectivity index (χ2v) is 9.29. The van der Waals surface area contributed by atoms with Crippen LogP contribution in [0.2, 0.25) is 0 Å². The molecular weight excluding hydrogens is 408 g/mol. The molecule has 2 aromatic heterocycles. The Kier molecular flexibility index (Phi) is 6.93. The second-order valence-electron chi connectivity index (χ2n) is 9.29. The lowest BCUT2D eigenvalue weighted by atomic mass is 9.89. The Hall–Kier alpha value is -2.68. The molecule has 9 heteroatoms. The number of carbonyl (C=O) groups is 2. The van der Waals surface area contributed by atoms with Gasteiger partial charge in [-0.3, -0.25) is 14.5 Å². The van der Waals surface area contributed by atoms with Crippen molar-refractivity contribution < 1.29 is 14.7 Å². The Balaban J connectivity index is 1.28. The fraction of sp³-hybridized carbons (Fsp3) is 0.652. The smallest absolute Gasteiger partial charge is 0.303 e. The lowest BCUT2D eigenvalue weighted by Gasteiger charge is -2.42. The molecule has 2 N–H and O–H groups in total. The minimum atomic E-state index is -0.914. The van der Waals surface area contributed by atoms with Gasteiger partial charge in [-0.15, -0.1) is 0 Å². The average Bonchev–Trinajstić information content (AvgIpc) is 3.24. The minimum absolute atomic E-state index is 0.0396. The highest BCUT2D eigenvalue weighted by molar-refractivity contribution is 5.80. The number of fused-ring (bicyclic) bond motifs is 1. The number of rotatable bonds is 7. The van der Waals surface area contributed by atoms with Crippen LogP contribution in [0.1, 0.15) is 63.9 Å². The van der Waals surface area contributed by atoms with E-state index in [1.54, 1.807) is 6.33 Å². The first-order valence-electron chi connectivity index (χ1n) is 11.7. The third-order valence-electron chi connectivity index (χ3n) is 6.88. The molecule has 1 saturated heterocycles. The van der Waals surface area contributed by atoms with Crippen LogP contribution in [0.5, 0.6) is 0 Å². The maximum absolute atomic E-state index is 12.2. The minimum Gasteiger partial charge on any atom is -0.481 e. The van der Waals surface area contributed by atoms with Crippen LogP contribution in [0, 0.1) is 0 Å². The van der Waals surface area contributed by atoms with E-state index in [4.69, 9.17) is 5.11 Å². The summed E-state index contributed by atoms with van der Waals surface area (Å²) in [6, 6.07) is 3.08. The van der Waals surface area contributed by atoms with Gasteiger partial charge in [0, 0.05) is 50.9 Å². The Morgan fingerprint density at radius 1 is 1.12 bits per heavy atom. The molecule has 1 aliphatic carbocycles. The van der Waals surface area contributed by atoms with Gasteiger partial charge in [0.2, 0.25) is 5.91 Å². The third kappa shape index (κ3) is 5.03. The molecule has 2 aliphatic rings. The monoisotopic (exact) mass is 442 g/mol. The van der Waals surface area contributed by atoms with Crippen molar-refractivity contribution in [2.45, 2.75) is 70.4 Å². The zero-order valence-corrected chi connectivity index (χ0v) is 19.0. The summed E-state index contributed by atoms with van der Waals surface area (Å²) in [6.45, 7) is 7.52. The molecular formula is C23H34N6O3. The summed E-state index contributed by atoms with van der Waals surface area (Å²) in [5.74, 6) is 0.382. The standard InChI is InChI=1S/C23H34N6O3/c1-16(2)19-9-10-29-22(19)23(24-15-25-29)26-17-3-5-18(6-4-17)27-11-13-28(14-12-27)20(30)7-8-21(31)32/h9-10,15-18H,3-8,11-14H2,1-2H3,(H,31,32)(H,24,25,26). The van der Waals surface area contributed by atoms with E-state index in [1.807, 2.05) is 15.6 Å². The predicted octanol–water partition coefficient (Wildman–Crippen LogP) is 2.58. The van der Waals surface area contributed by atoms with Crippen LogP contribution in [-0.4, -0.2) is 79.6 Å². The molecule has 0 aromatic carbocycles. The molecule has 0 bridgehead atoms. The molecule has 1 amide bonds. The first-order chi connectivity index (χ1) is 15.4. The van der Waals surface area contributed by atoms with Crippen molar-refractivity contribution in [2.75, 3.05) is 31.5 Å². The molecule has 0 spiro atoms. The number of amides is 1. The van der Waals surface area contributed by atoms with Gasteiger partial charge in [-0.05, 0) is 43.2 Å². The number of aromatic nitrogens is 3. The fourth-order valence-corrected chi connectivity index (χ4v) is 5.04. The number of anilines is 1. The normalized spacial score (nSPS) is 22.4. The molecule has 0 atom stereocenters. The number of carbonyl (C=O) groups excluding carboxylic acids is 1. The number of nitrogens with zero attached hydrogens (tertiary/aromatic N) is 5. The SMILES string of the molecule is CC(C)c1ccn2ncnc(NC3CCC(N4CCN(C(=O)CCC(=O)O)CC4)CC3)c12. The van der Waals surface area contributed by atoms with Gasteiger partial charge in [0.05, 0.1) is 6.42 Å². The highest BCUT2D eigenvalue weighted by Crippen LogP contribution is 2.30. The second kappa shape index (κ2) is 9.85. The van der Waals surface area contributed by atoms with E-state index in [0.717, 1.165) is 50.1 Å². The lowest BCUT2D eigenvalue weighted by Crippen LogP contribution is -2.53. The van der Waals surface area contributed by atoms with Crippen LogP contribution in [0.4, 0.5) is 5.82 Å². The molecule has 2 aromatic rings. The number of nitrogens with one attached hydrogen (secondary N) is 1. The number of aliphatic carboxylic acids is 1. The van der Waals surface area contributed by atoms with Gasteiger partial charge in [-0.2, -0.15) is 5.10 Å². The van der Waals surface area contributed by atoms with Crippen LogP contribution in [0.15, 0.2) is 18.6 Å². The van der Waals surface area contributed by atoms with E-state index in [1.165, 1.54) is 5.56 Å². The maximum Gasteiger partial charge on any atom is 0.303 e. The first kappa shape index (κ1) is 22.5. The van der Waals surface area contributed by atoms with Crippen molar-refractivity contribution in [3.63, 3.8) is 0 Å². The largest absolute Gasteiger partial charge is 0.481 e. The molecule has 0 unspecified atom stereocenters. The van der Waals surface area contributed by atoms with Crippen molar-refractivity contribution >= 4 is 23.2 Å². The molecule has 3 heterocycles. The topological polar surface area (TPSA) is 103 Å². The molecule has 4 rings (SSSR count). The zero-order chi connectivity index (χ0) is 22.7. The number of carboxylic acids is 1. The quantitative estimate of drug-likeness (QED) is 0.679. The molecule has 9 nitrogen and oxygen atoms in total. The summed E-state index contributed by atoms with van der Waals surface area (Å²) in [5, 5.41) is 16.8. The fourth-order valence-electron chi connectivity index (χ4n) is 5.04. The molecule has 1 saturated carbocycles. The van der Waals surface area contributed by atoms with Crippen LogP contribution >= 0.6 is 0 Å². The number of hydrogen-bond donors (Lipinski definition) is 2. The summed E-state index contributed by atoms with van der Waals surface area (Å²) >= 11 is 0. The van der Waals surface area contributed by atoms with Gasteiger partial charge >= 0.3 is 5.97 Å². The number of hydrogen-bond acceptors (Lipinski definition) is 6. The zero-order valence-electron chi connectivity index (χ0n) is 19.0.